The molecule has 0 bridgehead atoms. The summed E-state index contributed by atoms with van der Waals surface area (Å²) in [5.74, 6) is -0.472. The average molecular weight is 574 g/mol. The third kappa shape index (κ3) is 9.36. The van der Waals surface area contributed by atoms with Crippen LogP contribution in [0.15, 0.2) is 66.7 Å². The number of rotatable bonds is 4. The number of nitro benzene ring substituents is 1. The summed E-state index contributed by atoms with van der Waals surface area (Å²) in [7, 11) is 1.28. The number of hydrogen-bond donors (Lipinski definition) is 1. The van der Waals surface area contributed by atoms with Gasteiger partial charge in [-0.05, 0) is 63.2 Å². The summed E-state index contributed by atoms with van der Waals surface area (Å²) in [5, 5.41) is 20.0. The maximum absolute atomic E-state index is 12.9. The van der Waals surface area contributed by atoms with Crippen LogP contribution in [0.2, 0.25) is 0 Å². The Morgan fingerprint density at radius 2 is 1.38 bits per heavy atom. The summed E-state index contributed by atoms with van der Waals surface area (Å²) in [6.07, 6.45) is -9.76. The van der Waals surface area contributed by atoms with E-state index in [0.717, 1.165) is 35.2 Å². The summed E-state index contributed by atoms with van der Waals surface area (Å²) in [5.41, 5.74) is -3.09. The van der Waals surface area contributed by atoms with E-state index in [0.29, 0.717) is 6.07 Å². The predicted molar refractivity (Wildman–Crippen MR) is 132 cm³/mol. The summed E-state index contributed by atoms with van der Waals surface area (Å²) >= 11 is 0. The molecule has 0 aliphatic rings. The quantitative estimate of drug-likeness (QED) is 0.192. The van der Waals surface area contributed by atoms with Crippen molar-refractivity contribution in [2.45, 2.75) is 38.7 Å². The SMILES string of the molecule is CN(C(=O)OC(C)(C)C)c1cc(Oc2cccc(C(F)(F)F)c2)ccc1[N+](=O)[O-].Oc1cccc(C(F)(F)F)c1. The second kappa shape index (κ2) is 12.1. The zero-order valence-electron chi connectivity index (χ0n) is 21.5. The molecule has 0 radical (unpaired) electrons. The Kier molecular flexibility index (Phi) is 9.62. The number of carbonyl (C=O) groups excluding carboxylic acids is 1. The number of nitro groups is 1. The van der Waals surface area contributed by atoms with E-state index in [1.807, 2.05) is 0 Å². The molecular formula is C26H24F6N2O6. The van der Waals surface area contributed by atoms with Gasteiger partial charge in [0.1, 0.15) is 28.5 Å². The topological polar surface area (TPSA) is 102 Å². The number of aromatic hydroxyl groups is 1. The van der Waals surface area contributed by atoms with Gasteiger partial charge in [0, 0.05) is 19.2 Å². The lowest BCUT2D eigenvalue weighted by atomic mass is 10.2. The van der Waals surface area contributed by atoms with Crippen molar-refractivity contribution >= 4 is 17.5 Å². The van der Waals surface area contributed by atoms with Crippen LogP contribution in [0.25, 0.3) is 0 Å². The molecule has 0 fully saturated rings. The van der Waals surface area contributed by atoms with Gasteiger partial charge in [-0.2, -0.15) is 26.3 Å². The molecule has 40 heavy (non-hydrogen) atoms. The van der Waals surface area contributed by atoms with Gasteiger partial charge in [-0.1, -0.05) is 12.1 Å². The highest BCUT2D eigenvalue weighted by atomic mass is 19.4. The van der Waals surface area contributed by atoms with Crippen LogP contribution in [-0.2, 0) is 17.1 Å². The first kappa shape index (κ1) is 31.7. The van der Waals surface area contributed by atoms with E-state index in [9.17, 15) is 41.3 Å². The standard InChI is InChI=1S/C19H19F3N2O5.C7H5F3O/c1-18(2,3)29-17(25)23(4)16-11-14(8-9-15(16)24(26)27)28-13-7-5-6-12(10-13)19(20,21)22;8-7(9,10)5-2-1-3-6(11)4-5/h5-11H,1-4H3;1-4,11H. The molecule has 0 saturated carbocycles. The van der Waals surface area contributed by atoms with Crippen molar-refractivity contribution in [3.63, 3.8) is 0 Å². The molecule has 0 heterocycles. The molecule has 0 atom stereocenters. The Hall–Kier alpha value is -4.49. The Morgan fingerprint density at radius 3 is 1.85 bits per heavy atom. The summed E-state index contributed by atoms with van der Waals surface area (Å²) in [6.45, 7) is 4.92. The molecule has 1 N–H and O–H groups in total. The van der Waals surface area contributed by atoms with Gasteiger partial charge in [-0.3, -0.25) is 15.0 Å². The van der Waals surface area contributed by atoms with Crippen LogP contribution in [0.4, 0.5) is 42.5 Å². The predicted octanol–water partition coefficient (Wildman–Crippen LogP) is 8.19. The second-order valence-electron chi connectivity index (χ2n) is 9.12. The molecule has 0 aliphatic carbocycles. The highest BCUT2D eigenvalue weighted by molar-refractivity contribution is 5.90. The molecule has 3 aromatic rings. The Labute approximate surface area is 224 Å². The highest BCUT2D eigenvalue weighted by Gasteiger charge is 2.31. The van der Waals surface area contributed by atoms with Crippen molar-refractivity contribution in [3.8, 4) is 17.2 Å². The first-order chi connectivity index (χ1) is 18.3. The normalized spacial score (nSPS) is 11.7. The zero-order chi connectivity index (χ0) is 30.5. The zero-order valence-corrected chi connectivity index (χ0v) is 21.5. The lowest BCUT2D eigenvalue weighted by molar-refractivity contribution is -0.384. The lowest BCUT2D eigenvalue weighted by Gasteiger charge is -2.24. The Bertz CT molecular complexity index is 1350. The van der Waals surface area contributed by atoms with Crippen LogP contribution in [0.3, 0.4) is 0 Å². The van der Waals surface area contributed by atoms with Gasteiger partial charge in [-0.15, -0.1) is 0 Å². The van der Waals surface area contributed by atoms with Gasteiger partial charge in [-0.25, -0.2) is 4.79 Å². The third-order valence-corrected chi connectivity index (χ3v) is 4.74. The third-order valence-electron chi connectivity index (χ3n) is 4.74. The van der Waals surface area contributed by atoms with Gasteiger partial charge >= 0.3 is 18.4 Å². The maximum atomic E-state index is 12.9. The number of halogens is 6. The molecular weight excluding hydrogens is 550 g/mol. The fourth-order valence-electron chi connectivity index (χ4n) is 2.97. The van der Waals surface area contributed by atoms with E-state index in [1.54, 1.807) is 20.8 Å². The monoisotopic (exact) mass is 574 g/mol. The smallest absolute Gasteiger partial charge is 0.416 e. The van der Waals surface area contributed by atoms with Crippen molar-refractivity contribution in [2.75, 3.05) is 11.9 Å². The first-order valence-corrected chi connectivity index (χ1v) is 11.2. The van der Waals surface area contributed by atoms with Crippen molar-refractivity contribution in [3.05, 3.63) is 88.0 Å². The van der Waals surface area contributed by atoms with Gasteiger partial charge in [0.2, 0.25) is 0 Å². The van der Waals surface area contributed by atoms with Crippen LogP contribution in [0.5, 0.6) is 17.2 Å². The van der Waals surface area contributed by atoms with Crippen LogP contribution < -0.4 is 9.64 Å². The van der Waals surface area contributed by atoms with E-state index in [-0.39, 0.29) is 22.9 Å². The van der Waals surface area contributed by atoms with Gasteiger partial charge in [0.15, 0.2) is 0 Å². The summed E-state index contributed by atoms with van der Waals surface area (Å²) in [4.78, 5) is 23.8. The number of phenolic OH excluding ortho intramolecular Hbond substituents is 1. The van der Waals surface area contributed by atoms with Gasteiger partial charge in [0.25, 0.3) is 5.69 Å². The number of carbonyl (C=O) groups is 1. The van der Waals surface area contributed by atoms with E-state index in [1.165, 1.54) is 37.4 Å². The Morgan fingerprint density at radius 1 is 0.850 bits per heavy atom. The van der Waals surface area contributed by atoms with Crippen molar-refractivity contribution in [1.82, 2.24) is 0 Å². The largest absolute Gasteiger partial charge is 0.508 e. The molecule has 14 heteroatoms. The first-order valence-electron chi connectivity index (χ1n) is 11.2. The molecule has 0 aromatic heterocycles. The number of hydrogen-bond acceptors (Lipinski definition) is 6. The number of benzene rings is 3. The number of nitrogens with zero attached hydrogens (tertiary/aromatic N) is 2. The van der Waals surface area contributed by atoms with Crippen molar-refractivity contribution in [1.29, 1.82) is 0 Å². The van der Waals surface area contributed by atoms with Crippen LogP contribution in [0, 0.1) is 10.1 Å². The molecule has 216 valence electrons. The maximum Gasteiger partial charge on any atom is 0.416 e. The minimum absolute atomic E-state index is 0.0142. The minimum atomic E-state index is -4.54. The second-order valence-corrected chi connectivity index (χ2v) is 9.12. The minimum Gasteiger partial charge on any atom is -0.508 e. The fraction of sp³-hybridized carbons (Fsp3) is 0.269. The van der Waals surface area contributed by atoms with Crippen LogP contribution >= 0.6 is 0 Å². The molecule has 0 unspecified atom stereocenters. The molecule has 1 amide bonds. The number of ether oxygens (including phenoxy) is 2. The fourth-order valence-corrected chi connectivity index (χ4v) is 2.97. The van der Waals surface area contributed by atoms with Gasteiger partial charge < -0.3 is 14.6 Å². The summed E-state index contributed by atoms with van der Waals surface area (Å²) < 4.78 is 84.7. The molecule has 3 aromatic carbocycles. The highest BCUT2D eigenvalue weighted by Crippen LogP contribution is 2.36. The van der Waals surface area contributed by atoms with Crippen molar-refractivity contribution in [2.24, 2.45) is 0 Å². The van der Waals surface area contributed by atoms with Crippen LogP contribution in [0.1, 0.15) is 31.9 Å². The number of alkyl halides is 6. The molecule has 8 nitrogen and oxygen atoms in total. The van der Waals surface area contributed by atoms with E-state index < -0.39 is 45.8 Å². The average Bonchev–Trinajstić information content (AvgIpc) is 2.82. The van der Waals surface area contributed by atoms with E-state index in [4.69, 9.17) is 14.6 Å². The molecule has 0 aliphatic heterocycles. The van der Waals surface area contributed by atoms with E-state index in [2.05, 4.69) is 0 Å². The number of amides is 1. The molecule has 0 spiro atoms. The number of anilines is 1. The summed E-state index contributed by atoms with van der Waals surface area (Å²) in [6, 6.07) is 11.6. The molecule has 0 saturated heterocycles. The van der Waals surface area contributed by atoms with Crippen LogP contribution in [-0.4, -0.2) is 28.8 Å². The number of phenols is 1. The van der Waals surface area contributed by atoms with E-state index >= 15 is 0 Å². The van der Waals surface area contributed by atoms with Crippen molar-refractivity contribution < 1.29 is 50.6 Å². The molecule has 3 rings (SSSR count). The van der Waals surface area contributed by atoms with Gasteiger partial charge in [0.05, 0.1) is 16.1 Å². The lowest BCUT2D eigenvalue weighted by Crippen LogP contribution is -2.34. The Balaban J connectivity index is 0.000000425.